The molecule has 0 fully saturated rings. The Hall–Kier alpha value is -1.09. The van der Waals surface area contributed by atoms with Crippen LogP contribution in [0.4, 0.5) is 0 Å². The Labute approximate surface area is 120 Å². The van der Waals surface area contributed by atoms with Crippen LogP contribution < -0.4 is 0 Å². The zero-order valence-corrected chi connectivity index (χ0v) is 11.9. The lowest BCUT2D eigenvalue weighted by atomic mass is 10.1. The van der Waals surface area contributed by atoms with E-state index in [1.807, 2.05) is 24.4 Å². The predicted molar refractivity (Wildman–Crippen MR) is 78.9 cm³/mol. The van der Waals surface area contributed by atoms with E-state index in [1.165, 1.54) is 0 Å². The van der Waals surface area contributed by atoms with Crippen molar-refractivity contribution in [1.29, 1.82) is 0 Å². The van der Waals surface area contributed by atoms with Gasteiger partial charge in [0.25, 0.3) is 0 Å². The topological polar surface area (TPSA) is 17.1 Å². The molecule has 0 spiro atoms. The van der Waals surface area contributed by atoms with Crippen LogP contribution in [0, 0.1) is 6.92 Å². The summed E-state index contributed by atoms with van der Waals surface area (Å²) in [6.45, 7) is 2.01. The summed E-state index contributed by atoms with van der Waals surface area (Å²) < 4.78 is 0. The van der Waals surface area contributed by atoms with Gasteiger partial charge in [0.2, 0.25) is 0 Å². The summed E-state index contributed by atoms with van der Waals surface area (Å²) in [7, 11) is 0. The van der Waals surface area contributed by atoms with Crippen LogP contribution in [0.3, 0.4) is 0 Å². The highest BCUT2D eigenvalue weighted by atomic mass is 35.5. The molecular formula is C14H10Cl2OS. The molecule has 0 saturated carbocycles. The van der Waals surface area contributed by atoms with E-state index in [0.29, 0.717) is 15.6 Å². The van der Waals surface area contributed by atoms with E-state index in [9.17, 15) is 4.79 Å². The van der Waals surface area contributed by atoms with E-state index in [4.69, 9.17) is 23.2 Å². The first kappa shape index (κ1) is 13.3. The van der Waals surface area contributed by atoms with Gasteiger partial charge in [-0.1, -0.05) is 23.2 Å². The number of hydrogen-bond donors (Lipinski definition) is 0. The molecule has 2 aromatic rings. The van der Waals surface area contributed by atoms with Crippen LogP contribution in [0.25, 0.3) is 6.08 Å². The standard InChI is InChI=1S/C14H10Cl2OS/c1-9-6-7-18-14(9)5-4-13(17)10-2-3-11(15)12(16)8-10/h2-8H,1H3/b5-4+. The minimum atomic E-state index is -0.0821. The second-order valence-electron chi connectivity index (χ2n) is 3.79. The Morgan fingerprint density at radius 1 is 1.22 bits per heavy atom. The van der Waals surface area contributed by atoms with Crippen molar-refractivity contribution in [1.82, 2.24) is 0 Å². The van der Waals surface area contributed by atoms with E-state index < -0.39 is 0 Å². The Balaban J connectivity index is 2.20. The summed E-state index contributed by atoms with van der Waals surface area (Å²) >= 11 is 13.3. The highest BCUT2D eigenvalue weighted by Gasteiger charge is 2.05. The minimum absolute atomic E-state index is 0.0821. The number of hydrogen-bond acceptors (Lipinski definition) is 2. The maximum absolute atomic E-state index is 11.9. The lowest BCUT2D eigenvalue weighted by Gasteiger charge is -1.98. The zero-order valence-electron chi connectivity index (χ0n) is 9.61. The number of benzene rings is 1. The van der Waals surface area contributed by atoms with Crippen LogP contribution >= 0.6 is 34.5 Å². The number of aryl methyl sites for hydroxylation is 1. The average molecular weight is 297 g/mol. The SMILES string of the molecule is Cc1ccsc1/C=C/C(=O)c1ccc(Cl)c(Cl)c1. The van der Waals surface area contributed by atoms with Crippen LogP contribution in [0.5, 0.6) is 0 Å². The van der Waals surface area contributed by atoms with Crippen molar-refractivity contribution in [3.8, 4) is 0 Å². The number of halogens is 2. The maximum Gasteiger partial charge on any atom is 0.185 e. The summed E-state index contributed by atoms with van der Waals surface area (Å²) in [5.74, 6) is -0.0821. The van der Waals surface area contributed by atoms with Gasteiger partial charge in [-0.25, -0.2) is 0 Å². The van der Waals surface area contributed by atoms with Crippen LogP contribution in [-0.2, 0) is 0 Å². The van der Waals surface area contributed by atoms with Crippen molar-refractivity contribution in [2.24, 2.45) is 0 Å². The van der Waals surface area contributed by atoms with E-state index in [2.05, 4.69) is 0 Å². The summed E-state index contributed by atoms with van der Waals surface area (Å²) in [5, 5.41) is 2.84. The fourth-order valence-electron chi connectivity index (χ4n) is 1.45. The zero-order chi connectivity index (χ0) is 13.1. The van der Waals surface area contributed by atoms with Crippen molar-refractivity contribution < 1.29 is 4.79 Å². The third-order valence-corrected chi connectivity index (χ3v) is 4.22. The van der Waals surface area contributed by atoms with Crippen molar-refractivity contribution in [3.63, 3.8) is 0 Å². The number of carbonyl (C=O) groups is 1. The molecular weight excluding hydrogens is 287 g/mol. The third kappa shape index (κ3) is 3.02. The second kappa shape index (κ2) is 5.70. The highest BCUT2D eigenvalue weighted by Crippen LogP contribution is 2.23. The molecule has 0 unspecified atom stereocenters. The molecule has 0 saturated heterocycles. The van der Waals surface area contributed by atoms with Gasteiger partial charge >= 0.3 is 0 Å². The summed E-state index contributed by atoms with van der Waals surface area (Å²) in [5.41, 5.74) is 1.70. The fraction of sp³-hybridized carbons (Fsp3) is 0.0714. The number of carbonyl (C=O) groups excluding carboxylic acids is 1. The average Bonchev–Trinajstić information content (AvgIpc) is 2.75. The van der Waals surface area contributed by atoms with Crippen molar-refractivity contribution in [2.45, 2.75) is 6.92 Å². The van der Waals surface area contributed by atoms with Gasteiger partial charge in [-0.2, -0.15) is 0 Å². The lowest BCUT2D eigenvalue weighted by molar-refractivity contribution is 0.104. The predicted octanol–water partition coefficient (Wildman–Crippen LogP) is 5.26. The molecule has 0 amide bonds. The van der Waals surface area contributed by atoms with E-state index >= 15 is 0 Å². The van der Waals surface area contributed by atoms with E-state index in [-0.39, 0.29) is 5.78 Å². The van der Waals surface area contributed by atoms with Gasteiger partial charge in [-0.05, 0) is 54.3 Å². The molecule has 0 N–H and O–H groups in total. The summed E-state index contributed by atoms with van der Waals surface area (Å²) in [4.78, 5) is 13.0. The Bertz CT molecular complexity index is 614. The molecule has 0 atom stereocenters. The molecule has 0 aliphatic heterocycles. The molecule has 1 aromatic carbocycles. The largest absolute Gasteiger partial charge is 0.289 e. The Kier molecular flexibility index (Phi) is 4.23. The van der Waals surface area contributed by atoms with Gasteiger partial charge < -0.3 is 0 Å². The van der Waals surface area contributed by atoms with Crippen LogP contribution in [0.15, 0.2) is 35.7 Å². The van der Waals surface area contributed by atoms with Gasteiger partial charge in [-0.15, -0.1) is 11.3 Å². The number of thiophene rings is 1. The van der Waals surface area contributed by atoms with Gasteiger partial charge in [0.1, 0.15) is 0 Å². The molecule has 92 valence electrons. The van der Waals surface area contributed by atoms with Gasteiger partial charge in [-0.3, -0.25) is 4.79 Å². The molecule has 4 heteroatoms. The van der Waals surface area contributed by atoms with Crippen molar-refractivity contribution in [2.75, 3.05) is 0 Å². The lowest BCUT2D eigenvalue weighted by Crippen LogP contribution is -1.93. The minimum Gasteiger partial charge on any atom is -0.289 e. The molecule has 2 rings (SSSR count). The molecule has 0 aliphatic carbocycles. The molecule has 0 aliphatic rings. The van der Waals surface area contributed by atoms with Crippen molar-refractivity contribution >= 4 is 46.4 Å². The van der Waals surface area contributed by atoms with Gasteiger partial charge in [0.15, 0.2) is 5.78 Å². The van der Waals surface area contributed by atoms with Crippen LogP contribution in [-0.4, -0.2) is 5.78 Å². The monoisotopic (exact) mass is 296 g/mol. The Morgan fingerprint density at radius 3 is 2.61 bits per heavy atom. The summed E-state index contributed by atoms with van der Waals surface area (Å²) in [6, 6.07) is 6.90. The molecule has 0 radical (unpaired) electrons. The van der Waals surface area contributed by atoms with E-state index in [0.717, 1.165) is 10.4 Å². The highest BCUT2D eigenvalue weighted by molar-refractivity contribution is 7.11. The number of rotatable bonds is 3. The van der Waals surface area contributed by atoms with Crippen LogP contribution in [0.2, 0.25) is 10.0 Å². The van der Waals surface area contributed by atoms with E-state index in [1.54, 1.807) is 35.6 Å². The fourth-order valence-corrected chi connectivity index (χ4v) is 2.57. The first-order valence-corrected chi connectivity index (χ1v) is 6.93. The quantitative estimate of drug-likeness (QED) is 0.558. The molecule has 1 heterocycles. The second-order valence-corrected chi connectivity index (χ2v) is 5.56. The maximum atomic E-state index is 11.9. The summed E-state index contributed by atoms with van der Waals surface area (Å²) in [6.07, 6.45) is 3.38. The number of ketones is 1. The molecule has 0 bridgehead atoms. The van der Waals surface area contributed by atoms with Crippen LogP contribution in [0.1, 0.15) is 20.8 Å². The smallest absolute Gasteiger partial charge is 0.185 e. The first-order valence-electron chi connectivity index (χ1n) is 5.29. The molecule has 1 nitrogen and oxygen atoms in total. The Morgan fingerprint density at radius 2 is 2.00 bits per heavy atom. The first-order chi connectivity index (χ1) is 8.58. The van der Waals surface area contributed by atoms with Gasteiger partial charge in [0.05, 0.1) is 10.0 Å². The molecule has 18 heavy (non-hydrogen) atoms. The normalized spacial score (nSPS) is 11.1. The van der Waals surface area contributed by atoms with Gasteiger partial charge in [0, 0.05) is 10.4 Å². The van der Waals surface area contributed by atoms with Crippen molar-refractivity contribution in [3.05, 3.63) is 61.8 Å². The molecule has 1 aromatic heterocycles. The number of allylic oxidation sites excluding steroid dienone is 1. The third-order valence-electron chi connectivity index (χ3n) is 2.49.